The first-order valence-corrected chi connectivity index (χ1v) is 7.31. The number of hydrogen-bond donors (Lipinski definition) is 2. The predicted octanol–water partition coefficient (Wildman–Crippen LogP) is 3.08. The summed E-state index contributed by atoms with van der Waals surface area (Å²) in [7, 11) is 0. The quantitative estimate of drug-likeness (QED) is 0.870. The van der Waals surface area contributed by atoms with Crippen LogP contribution in [0.1, 0.15) is 43.2 Å². The van der Waals surface area contributed by atoms with Crippen molar-refractivity contribution in [2.75, 3.05) is 11.9 Å². The van der Waals surface area contributed by atoms with Crippen molar-refractivity contribution in [1.29, 1.82) is 0 Å². The molecule has 3 N–H and O–H groups in total. The Morgan fingerprint density at radius 2 is 2.24 bits per heavy atom. The van der Waals surface area contributed by atoms with Crippen molar-refractivity contribution in [2.24, 2.45) is 11.7 Å². The Kier molecular flexibility index (Phi) is 3.73. The van der Waals surface area contributed by atoms with Gasteiger partial charge in [-0.25, -0.2) is 4.98 Å². The zero-order valence-electron chi connectivity index (χ0n) is 11.0. The molecule has 1 aromatic heterocycles. The van der Waals surface area contributed by atoms with Gasteiger partial charge in [-0.2, -0.15) is 0 Å². The smallest absolute Gasteiger partial charge is 0.183 e. The number of thiazole rings is 1. The van der Waals surface area contributed by atoms with E-state index >= 15 is 0 Å². The van der Waals surface area contributed by atoms with Gasteiger partial charge >= 0.3 is 0 Å². The van der Waals surface area contributed by atoms with E-state index in [-0.39, 0.29) is 5.54 Å². The molecule has 1 saturated carbocycles. The van der Waals surface area contributed by atoms with E-state index in [1.54, 1.807) is 11.3 Å². The average molecular weight is 253 g/mol. The molecule has 96 valence electrons. The van der Waals surface area contributed by atoms with E-state index in [2.05, 4.69) is 31.1 Å². The van der Waals surface area contributed by atoms with Crippen molar-refractivity contribution in [3.05, 3.63) is 10.6 Å². The van der Waals surface area contributed by atoms with E-state index in [0.29, 0.717) is 12.5 Å². The standard InChI is InChI=1S/C13H23N3S/c1-9-6-4-5-7-13(9,8-14)16-12-15-10(2)11(3)17-12/h9H,4-8,14H2,1-3H3,(H,15,16). The molecule has 2 unspecified atom stereocenters. The van der Waals surface area contributed by atoms with Crippen LogP contribution < -0.4 is 11.1 Å². The lowest BCUT2D eigenvalue weighted by atomic mass is 9.74. The number of rotatable bonds is 3. The topological polar surface area (TPSA) is 50.9 Å². The van der Waals surface area contributed by atoms with Gasteiger partial charge < -0.3 is 11.1 Å². The van der Waals surface area contributed by atoms with Gasteiger partial charge in [-0.05, 0) is 32.6 Å². The molecule has 1 heterocycles. The summed E-state index contributed by atoms with van der Waals surface area (Å²) in [5.74, 6) is 0.630. The van der Waals surface area contributed by atoms with Gasteiger partial charge in [-0.15, -0.1) is 11.3 Å². The first kappa shape index (κ1) is 12.8. The minimum atomic E-state index is 0.0645. The third kappa shape index (κ3) is 2.47. The van der Waals surface area contributed by atoms with Gasteiger partial charge in [0.15, 0.2) is 5.13 Å². The maximum Gasteiger partial charge on any atom is 0.183 e. The normalized spacial score (nSPS) is 29.3. The van der Waals surface area contributed by atoms with Gasteiger partial charge in [0, 0.05) is 11.4 Å². The van der Waals surface area contributed by atoms with Crippen LogP contribution in [0.4, 0.5) is 5.13 Å². The van der Waals surface area contributed by atoms with Crippen molar-refractivity contribution in [1.82, 2.24) is 4.98 Å². The van der Waals surface area contributed by atoms with Crippen molar-refractivity contribution in [3.63, 3.8) is 0 Å². The maximum atomic E-state index is 6.04. The summed E-state index contributed by atoms with van der Waals surface area (Å²) in [6.45, 7) is 7.20. The van der Waals surface area contributed by atoms with Crippen LogP contribution in [0.25, 0.3) is 0 Å². The summed E-state index contributed by atoms with van der Waals surface area (Å²) in [6, 6.07) is 0. The lowest BCUT2D eigenvalue weighted by molar-refractivity contribution is 0.235. The van der Waals surface area contributed by atoms with Crippen LogP contribution in [-0.4, -0.2) is 17.1 Å². The monoisotopic (exact) mass is 253 g/mol. The molecule has 1 aromatic rings. The number of nitrogens with zero attached hydrogens (tertiary/aromatic N) is 1. The van der Waals surface area contributed by atoms with Crippen molar-refractivity contribution in [3.8, 4) is 0 Å². The van der Waals surface area contributed by atoms with Crippen molar-refractivity contribution in [2.45, 2.75) is 52.0 Å². The van der Waals surface area contributed by atoms with Gasteiger partial charge in [0.1, 0.15) is 0 Å². The molecular weight excluding hydrogens is 230 g/mol. The van der Waals surface area contributed by atoms with Gasteiger partial charge in [-0.1, -0.05) is 19.8 Å². The third-order valence-electron chi connectivity index (χ3n) is 4.20. The maximum absolute atomic E-state index is 6.04. The van der Waals surface area contributed by atoms with Crippen LogP contribution in [0.15, 0.2) is 0 Å². The number of aromatic nitrogens is 1. The molecule has 1 aliphatic carbocycles. The zero-order chi connectivity index (χ0) is 12.5. The van der Waals surface area contributed by atoms with Gasteiger partial charge in [-0.3, -0.25) is 0 Å². The molecule has 1 fully saturated rings. The first-order chi connectivity index (χ1) is 8.07. The van der Waals surface area contributed by atoms with Crippen LogP contribution in [0, 0.1) is 19.8 Å². The van der Waals surface area contributed by atoms with Gasteiger partial charge in [0.2, 0.25) is 0 Å². The fourth-order valence-corrected chi connectivity index (χ4v) is 3.61. The van der Waals surface area contributed by atoms with E-state index in [9.17, 15) is 0 Å². The Labute approximate surface area is 108 Å². The van der Waals surface area contributed by atoms with E-state index in [1.165, 1.54) is 30.6 Å². The predicted molar refractivity (Wildman–Crippen MR) is 74.6 cm³/mol. The molecule has 0 aromatic carbocycles. The summed E-state index contributed by atoms with van der Waals surface area (Å²) in [5, 5.41) is 4.68. The molecule has 2 rings (SSSR count). The molecule has 17 heavy (non-hydrogen) atoms. The summed E-state index contributed by atoms with van der Waals surface area (Å²) >= 11 is 1.75. The minimum absolute atomic E-state index is 0.0645. The van der Waals surface area contributed by atoms with E-state index in [4.69, 9.17) is 5.73 Å². The molecule has 0 aliphatic heterocycles. The Morgan fingerprint density at radius 1 is 1.47 bits per heavy atom. The lowest BCUT2D eigenvalue weighted by Gasteiger charge is -2.42. The summed E-state index contributed by atoms with van der Waals surface area (Å²) in [5.41, 5.74) is 7.23. The zero-order valence-corrected chi connectivity index (χ0v) is 11.9. The number of hydrogen-bond acceptors (Lipinski definition) is 4. The molecular formula is C13H23N3S. The van der Waals surface area contributed by atoms with E-state index < -0.39 is 0 Å². The summed E-state index contributed by atoms with van der Waals surface area (Å²) < 4.78 is 0. The average Bonchev–Trinajstić information content (AvgIpc) is 2.61. The Balaban J connectivity index is 2.18. The highest BCUT2D eigenvalue weighted by Crippen LogP contribution is 2.37. The molecule has 1 aliphatic rings. The Bertz CT molecular complexity index is 369. The second-order valence-corrected chi connectivity index (χ2v) is 6.50. The summed E-state index contributed by atoms with van der Waals surface area (Å²) in [6.07, 6.45) is 5.05. The molecule has 0 bridgehead atoms. The number of anilines is 1. The van der Waals surface area contributed by atoms with Crippen LogP contribution in [-0.2, 0) is 0 Å². The molecule has 2 atom stereocenters. The van der Waals surface area contributed by atoms with Crippen molar-refractivity contribution < 1.29 is 0 Å². The second kappa shape index (κ2) is 4.94. The van der Waals surface area contributed by atoms with Crippen molar-refractivity contribution >= 4 is 16.5 Å². The highest BCUT2D eigenvalue weighted by molar-refractivity contribution is 7.15. The molecule has 4 heteroatoms. The van der Waals surface area contributed by atoms with E-state index in [0.717, 1.165) is 10.8 Å². The minimum Gasteiger partial charge on any atom is -0.355 e. The molecule has 0 radical (unpaired) electrons. The summed E-state index contributed by atoms with van der Waals surface area (Å²) in [4.78, 5) is 5.88. The molecule has 3 nitrogen and oxygen atoms in total. The first-order valence-electron chi connectivity index (χ1n) is 6.50. The highest BCUT2D eigenvalue weighted by Gasteiger charge is 2.37. The third-order valence-corrected chi connectivity index (χ3v) is 5.19. The SMILES string of the molecule is Cc1nc(NC2(CN)CCCCC2C)sc1C. The lowest BCUT2D eigenvalue weighted by Crippen LogP contribution is -2.52. The van der Waals surface area contributed by atoms with Crippen LogP contribution in [0.3, 0.4) is 0 Å². The number of aryl methyl sites for hydroxylation is 2. The highest BCUT2D eigenvalue weighted by atomic mass is 32.1. The number of nitrogens with one attached hydrogen (secondary N) is 1. The van der Waals surface area contributed by atoms with Crippen LogP contribution >= 0.6 is 11.3 Å². The Hall–Kier alpha value is -0.610. The second-order valence-electron chi connectivity index (χ2n) is 5.29. The molecule has 0 amide bonds. The largest absolute Gasteiger partial charge is 0.355 e. The molecule has 0 spiro atoms. The molecule has 0 saturated heterocycles. The fourth-order valence-electron chi connectivity index (χ4n) is 2.69. The van der Waals surface area contributed by atoms with Crippen LogP contribution in [0.2, 0.25) is 0 Å². The Morgan fingerprint density at radius 3 is 2.76 bits per heavy atom. The van der Waals surface area contributed by atoms with Gasteiger partial charge in [0.25, 0.3) is 0 Å². The van der Waals surface area contributed by atoms with Crippen LogP contribution in [0.5, 0.6) is 0 Å². The van der Waals surface area contributed by atoms with Gasteiger partial charge in [0.05, 0.1) is 11.2 Å². The fraction of sp³-hybridized carbons (Fsp3) is 0.769. The number of nitrogens with two attached hydrogens (primary N) is 1. The van der Waals surface area contributed by atoms with E-state index in [1.807, 2.05) is 0 Å².